The summed E-state index contributed by atoms with van der Waals surface area (Å²) in [5.41, 5.74) is 14.9. The van der Waals surface area contributed by atoms with Crippen LogP contribution in [0.15, 0.2) is 66.7 Å². The van der Waals surface area contributed by atoms with E-state index in [0.717, 1.165) is 18.4 Å². The Morgan fingerprint density at radius 3 is 2.25 bits per heavy atom. The zero-order chi connectivity index (χ0) is 19.9. The smallest absolute Gasteiger partial charge is 0.344 e. The van der Waals surface area contributed by atoms with E-state index in [-0.39, 0.29) is 0 Å². The fraction of sp³-hybridized carbons (Fsp3) is 0.174. The molecule has 0 fully saturated rings. The maximum atomic E-state index is 12.9. The number of nitrogens with two attached hydrogens (primary N) is 2. The lowest BCUT2D eigenvalue weighted by Crippen LogP contribution is -2.14. The maximum Gasteiger partial charge on any atom is 0.344 e. The summed E-state index contributed by atoms with van der Waals surface area (Å²) in [4.78, 5) is 12.9. The Morgan fingerprint density at radius 2 is 1.61 bits per heavy atom. The first kappa shape index (κ1) is 19.3. The van der Waals surface area contributed by atoms with Crippen LogP contribution in [0.5, 0.6) is 11.5 Å². The van der Waals surface area contributed by atoms with Gasteiger partial charge < -0.3 is 20.9 Å². The van der Waals surface area contributed by atoms with Gasteiger partial charge in [0.1, 0.15) is 5.75 Å². The molecular formula is C23H24N2O3. The van der Waals surface area contributed by atoms with Crippen molar-refractivity contribution in [1.82, 2.24) is 0 Å². The minimum Gasteiger partial charge on any atom is -0.489 e. The highest BCUT2D eigenvalue weighted by molar-refractivity contribution is 6.04. The normalized spacial score (nSPS) is 10.5. The van der Waals surface area contributed by atoms with Gasteiger partial charge in [-0.05, 0) is 30.2 Å². The molecule has 0 aliphatic heterocycles. The molecule has 0 aromatic heterocycles. The van der Waals surface area contributed by atoms with Crippen LogP contribution in [0.1, 0.15) is 30.1 Å². The van der Waals surface area contributed by atoms with Crippen molar-refractivity contribution in [2.24, 2.45) is 0 Å². The second-order valence-corrected chi connectivity index (χ2v) is 6.40. The molecule has 0 saturated heterocycles. The Labute approximate surface area is 164 Å². The van der Waals surface area contributed by atoms with Crippen molar-refractivity contribution >= 4 is 17.3 Å². The van der Waals surface area contributed by atoms with E-state index in [1.54, 1.807) is 30.3 Å². The molecule has 3 rings (SSSR count). The Balaban J connectivity index is 2.06. The van der Waals surface area contributed by atoms with Crippen LogP contribution in [0.25, 0.3) is 11.1 Å². The van der Waals surface area contributed by atoms with Crippen molar-refractivity contribution in [2.75, 3.05) is 18.1 Å². The van der Waals surface area contributed by atoms with Crippen LogP contribution in [-0.2, 0) is 0 Å². The van der Waals surface area contributed by atoms with E-state index >= 15 is 0 Å². The van der Waals surface area contributed by atoms with Crippen molar-refractivity contribution in [3.63, 3.8) is 0 Å². The van der Waals surface area contributed by atoms with E-state index in [9.17, 15) is 4.79 Å². The number of ether oxygens (including phenoxy) is 2. The average molecular weight is 376 g/mol. The molecule has 0 saturated carbocycles. The summed E-state index contributed by atoms with van der Waals surface area (Å²) in [5.74, 6) is 0.332. The van der Waals surface area contributed by atoms with E-state index in [2.05, 4.69) is 6.92 Å². The monoisotopic (exact) mass is 376 g/mol. The molecular weight excluding hydrogens is 352 g/mol. The number of rotatable bonds is 7. The van der Waals surface area contributed by atoms with Crippen LogP contribution < -0.4 is 20.9 Å². The number of nitrogen functional groups attached to an aromatic ring is 2. The first-order valence-corrected chi connectivity index (χ1v) is 9.29. The summed E-state index contributed by atoms with van der Waals surface area (Å²) < 4.78 is 11.3. The average Bonchev–Trinajstić information content (AvgIpc) is 2.71. The molecule has 0 radical (unpaired) electrons. The van der Waals surface area contributed by atoms with Gasteiger partial charge in [0.05, 0.1) is 23.5 Å². The molecule has 0 aliphatic carbocycles. The molecule has 4 N–H and O–H groups in total. The molecule has 3 aromatic rings. The minimum atomic E-state index is -0.524. The van der Waals surface area contributed by atoms with Gasteiger partial charge in [0.2, 0.25) is 0 Å². The quantitative estimate of drug-likeness (QED) is 0.265. The minimum absolute atomic E-state index is 0.299. The number of anilines is 2. The van der Waals surface area contributed by atoms with Crippen LogP contribution in [0, 0.1) is 0 Å². The Morgan fingerprint density at radius 1 is 0.964 bits per heavy atom. The molecule has 5 nitrogen and oxygen atoms in total. The van der Waals surface area contributed by atoms with Crippen molar-refractivity contribution in [2.45, 2.75) is 19.8 Å². The van der Waals surface area contributed by atoms with Gasteiger partial charge >= 0.3 is 5.97 Å². The van der Waals surface area contributed by atoms with Crippen molar-refractivity contribution in [1.29, 1.82) is 0 Å². The first-order chi connectivity index (χ1) is 13.6. The number of hydrogen-bond acceptors (Lipinski definition) is 5. The maximum absolute atomic E-state index is 12.9. The zero-order valence-electron chi connectivity index (χ0n) is 15.9. The molecule has 144 valence electrons. The van der Waals surface area contributed by atoms with Crippen LogP contribution >= 0.6 is 0 Å². The molecule has 5 heteroatoms. The van der Waals surface area contributed by atoms with E-state index in [1.807, 2.05) is 36.4 Å². The summed E-state index contributed by atoms with van der Waals surface area (Å²) in [6, 6.07) is 19.9. The summed E-state index contributed by atoms with van der Waals surface area (Å²) in [6.07, 6.45) is 1.88. The SMILES string of the molecule is CCCCOc1c(N)cc(C(=O)Oc2ccccc2)c(-c2ccccc2)c1N. The van der Waals surface area contributed by atoms with Gasteiger partial charge in [-0.25, -0.2) is 4.79 Å². The van der Waals surface area contributed by atoms with Crippen LogP contribution in [-0.4, -0.2) is 12.6 Å². The molecule has 28 heavy (non-hydrogen) atoms. The van der Waals surface area contributed by atoms with E-state index in [1.165, 1.54) is 0 Å². The summed E-state index contributed by atoms with van der Waals surface area (Å²) >= 11 is 0. The molecule has 3 aromatic carbocycles. The van der Waals surface area contributed by atoms with Crippen molar-refractivity contribution in [3.8, 4) is 22.6 Å². The second kappa shape index (κ2) is 8.95. The van der Waals surface area contributed by atoms with E-state index in [4.69, 9.17) is 20.9 Å². The summed E-state index contributed by atoms with van der Waals surface area (Å²) in [5, 5.41) is 0. The fourth-order valence-electron chi connectivity index (χ4n) is 2.91. The van der Waals surface area contributed by atoms with Gasteiger partial charge in [-0.3, -0.25) is 0 Å². The highest BCUT2D eigenvalue weighted by Crippen LogP contribution is 2.41. The predicted molar refractivity (Wildman–Crippen MR) is 113 cm³/mol. The van der Waals surface area contributed by atoms with Gasteiger partial charge in [-0.15, -0.1) is 0 Å². The van der Waals surface area contributed by atoms with Crippen molar-refractivity contribution in [3.05, 3.63) is 72.3 Å². The van der Waals surface area contributed by atoms with Gasteiger partial charge in [0.25, 0.3) is 0 Å². The molecule has 0 atom stereocenters. The standard InChI is InChI=1S/C23H24N2O3/c1-2-3-14-27-22-19(24)15-18(23(26)28-17-12-8-5-9-13-17)20(21(22)25)16-10-6-4-7-11-16/h4-13,15H,2-3,14,24-25H2,1H3. The first-order valence-electron chi connectivity index (χ1n) is 9.29. The molecule has 0 unspecified atom stereocenters. The topological polar surface area (TPSA) is 87.6 Å². The fourth-order valence-corrected chi connectivity index (χ4v) is 2.91. The van der Waals surface area contributed by atoms with Crippen LogP contribution in [0.4, 0.5) is 11.4 Å². The number of hydrogen-bond donors (Lipinski definition) is 2. The third-order valence-corrected chi connectivity index (χ3v) is 4.33. The third-order valence-electron chi connectivity index (χ3n) is 4.33. The van der Waals surface area contributed by atoms with Crippen LogP contribution in [0.3, 0.4) is 0 Å². The van der Waals surface area contributed by atoms with Gasteiger partial charge in [-0.2, -0.15) is 0 Å². The lowest BCUT2D eigenvalue weighted by Gasteiger charge is -2.18. The second-order valence-electron chi connectivity index (χ2n) is 6.40. The van der Waals surface area contributed by atoms with Gasteiger partial charge in [-0.1, -0.05) is 61.9 Å². The number of para-hydroxylation sites is 1. The van der Waals surface area contributed by atoms with E-state index in [0.29, 0.717) is 40.6 Å². The Bertz CT molecular complexity index is 941. The molecule has 0 heterocycles. The summed E-state index contributed by atoms with van der Waals surface area (Å²) in [7, 11) is 0. The third kappa shape index (κ3) is 4.26. The molecule has 0 spiro atoms. The Kier molecular flexibility index (Phi) is 6.17. The lowest BCUT2D eigenvalue weighted by atomic mass is 9.96. The zero-order valence-corrected chi connectivity index (χ0v) is 15.9. The molecule has 0 bridgehead atoms. The predicted octanol–water partition coefficient (Wildman–Crippen LogP) is 4.92. The highest BCUT2D eigenvalue weighted by Gasteiger charge is 2.23. The number of unbranched alkanes of at least 4 members (excludes halogenated alkanes) is 1. The summed E-state index contributed by atoms with van der Waals surface area (Å²) in [6.45, 7) is 2.58. The highest BCUT2D eigenvalue weighted by atomic mass is 16.5. The van der Waals surface area contributed by atoms with Gasteiger partial charge in [0, 0.05) is 5.56 Å². The van der Waals surface area contributed by atoms with Gasteiger partial charge in [0.15, 0.2) is 5.75 Å². The Hall–Kier alpha value is -3.47. The number of esters is 1. The molecule has 0 aliphatic rings. The number of carbonyl (C=O) groups excluding carboxylic acids is 1. The van der Waals surface area contributed by atoms with Crippen molar-refractivity contribution < 1.29 is 14.3 Å². The number of carbonyl (C=O) groups is 1. The van der Waals surface area contributed by atoms with Crippen LogP contribution in [0.2, 0.25) is 0 Å². The largest absolute Gasteiger partial charge is 0.489 e. The van der Waals surface area contributed by atoms with E-state index < -0.39 is 5.97 Å². The molecule has 0 amide bonds. The number of benzene rings is 3. The lowest BCUT2D eigenvalue weighted by molar-refractivity contribution is 0.0735.